The average molecular weight is 407 g/mol. The average Bonchev–Trinajstić information content (AvgIpc) is 3.29. The van der Waals surface area contributed by atoms with Crippen molar-refractivity contribution in [2.24, 2.45) is 0 Å². The minimum Gasteiger partial charge on any atom is -0.325 e. The van der Waals surface area contributed by atoms with Gasteiger partial charge in [-0.25, -0.2) is 0 Å². The number of nitrogens with one attached hydrogen (secondary N) is 2. The van der Waals surface area contributed by atoms with Crippen molar-refractivity contribution in [3.63, 3.8) is 0 Å². The Labute approximate surface area is 173 Å². The van der Waals surface area contributed by atoms with Crippen molar-refractivity contribution < 1.29 is 9.59 Å². The molecule has 1 aliphatic heterocycles. The van der Waals surface area contributed by atoms with Gasteiger partial charge in [0.05, 0.1) is 0 Å². The zero-order chi connectivity index (χ0) is 20.4. The summed E-state index contributed by atoms with van der Waals surface area (Å²) in [5, 5.41) is 9.90. The largest absolute Gasteiger partial charge is 0.325 e. The summed E-state index contributed by atoms with van der Waals surface area (Å²) in [6.07, 6.45) is 1.47. The van der Waals surface area contributed by atoms with Crippen molar-refractivity contribution >= 4 is 35.4 Å². The first-order valence-corrected chi connectivity index (χ1v) is 9.84. The van der Waals surface area contributed by atoms with Crippen molar-refractivity contribution in [2.45, 2.75) is 26.3 Å². The number of nitrogens with zero attached hydrogens (tertiary/aromatic N) is 3. The van der Waals surface area contributed by atoms with E-state index in [-0.39, 0.29) is 18.4 Å². The highest BCUT2D eigenvalue weighted by molar-refractivity contribution is 7.71. The van der Waals surface area contributed by atoms with Crippen LogP contribution in [0.2, 0.25) is 0 Å². The molecule has 1 aromatic heterocycles. The summed E-state index contributed by atoms with van der Waals surface area (Å²) in [6, 6.07) is 15.2. The molecule has 0 spiro atoms. The van der Waals surface area contributed by atoms with Crippen LogP contribution in [0.15, 0.2) is 48.5 Å². The number of carbonyl (C=O) groups excluding carboxylic acids is 2. The van der Waals surface area contributed by atoms with E-state index in [0.29, 0.717) is 22.7 Å². The van der Waals surface area contributed by atoms with Crippen LogP contribution in [0.4, 0.5) is 11.4 Å². The zero-order valence-corrected chi connectivity index (χ0v) is 16.8. The molecule has 2 amide bonds. The van der Waals surface area contributed by atoms with E-state index in [2.05, 4.69) is 15.5 Å². The van der Waals surface area contributed by atoms with E-state index in [1.165, 1.54) is 0 Å². The lowest BCUT2D eigenvalue weighted by Gasteiger charge is -2.16. The number of hydrogen-bond donors (Lipinski definition) is 2. The Kier molecular flexibility index (Phi) is 5.26. The third-order valence-corrected chi connectivity index (χ3v) is 5.22. The van der Waals surface area contributed by atoms with Crippen molar-refractivity contribution in [3.8, 4) is 11.4 Å². The topological polar surface area (TPSA) is 83.0 Å². The van der Waals surface area contributed by atoms with Gasteiger partial charge < -0.3 is 10.2 Å². The zero-order valence-electron chi connectivity index (χ0n) is 16.0. The molecule has 0 bridgehead atoms. The molecular weight excluding hydrogens is 386 g/mol. The number of aromatic amines is 1. The number of aromatic nitrogens is 3. The predicted octanol–water partition coefficient (Wildman–Crippen LogP) is 3.68. The fourth-order valence-electron chi connectivity index (χ4n) is 3.38. The molecule has 29 heavy (non-hydrogen) atoms. The van der Waals surface area contributed by atoms with Gasteiger partial charge in [-0.1, -0.05) is 29.8 Å². The number of carbonyl (C=O) groups is 2. The van der Waals surface area contributed by atoms with Gasteiger partial charge in [-0.05, 0) is 49.8 Å². The summed E-state index contributed by atoms with van der Waals surface area (Å²) in [5.41, 5.74) is 3.54. The molecule has 4 rings (SSSR count). The predicted molar refractivity (Wildman–Crippen MR) is 114 cm³/mol. The van der Waals surface area contributed by atoms with E-state index < -0.39 is 0 Å². The Balaban J connectivity index is 1.46. The van der Waals surface area contributed by atoms with Gasteiger partial charge >= 0.3 is 0 Å². The van der Waals surface area contributed by atoms with E-state index in [0.717, 1.165) is 29.8 Å². The molecule has 1 aliphatic rings. The first-order chi connectivity index (χ1) is 14.0. The van der Waals surface area contributed by atoms with E-state index in [9.17, 15) is 9.59 Å². The van der Waals surface area contributed by atoms with E-state index in [1.54, 1.807) is 21.6 Å². The van der Waals surface area contributed by atoms with Gasteiger partial charge in [0, 0.05) is 29.9 Å². The normalized spacial score (nSPS) is 13.7. The maximum atomic E-state index is 12.6. The fourth-order valence-corrected chi connectivity index (χ4v) is 3.57. The number of H-pyrrole nitrogens is 1. The molecule has 148 valence electrons. The molecule has 0 atom stereocenters. The van der Waals surface area contributed by atoms with Crippen molar-refractivity contribution in [2.75, 3.05) is 16.8 Å². The molecule has 7 nitrogen and oxygen atoms in total. The van der Waals surface area contributed by atoms with Crippen LogP contribution in [0, 0.1) is 11.7 Å². The summed E-state index contributed by atoms with van der Waals surface area (Å²) in [4.78, 5) is 26.2. The molecule has 0 unspecified atom stereocenters. The van der Waals surface area contributed by atoms with Crippen molar-refractivity contribution in [1.29, 1.82) is 0 Å². The van der Waals surface area contributed by atoms with E-state index in [1.807, 2.05) is 43.3 Å². The Bertz CT molecular complexity index is 1100. The van der Waals surface area contributed by atoms with Crippen LogP contribution < -0.4 is 10.2 Å². The Morgan fingerprint density at radius 1 is 1.17 bits per heavy atom. The number of anilines is 2. The summed E-state index contributed by atoms with van der Waals surface area (Å²) < 4.78 is 2.06. The van der Waals surface area contributed by atoms with Gasteiger partial charge in [0.15, 0.2) is 10.6 Å². The summed E-state index contributed by atoms with van der Waals surface area (Å²) in [7, 11) is 0. The lowest BCUT2D eigenvalue weighted by molar-refractivity contribution is -0.117. The van der Waals surface area contributed by atoms with E-state index >= 15 is 0 Å². The monoisotopic (exact) mass is 407 g/mol. The van der Waals surface area contributed by atoms with Gasteiger partial charge in [0.25, 0.3) is 0 Å². The Morgan fingerprint density at radius 3 is 2.55 bits per heavy atom. The summed E-state index contributed by atoms with van der Waals surface area (Å²) in [6.45, 7) is 2.80. The van der Waals surface area contributed by atoms with Crippen molar-refractivity contribution in [3.05, 3.63) is 58.9 Å². The third kappa shape index (κ3) is 4.12. The molecule has 2 N–H and O–H groups in total. The highest BCUT2D eigenvalue weighted by Crippen LogP contribution is 2.23. The molecule has 8 heteroatoms. The van der Waals surface area contributed by atoms with Crippen LogP contribution in [0.1, 0.15) is 18.4 Å². The number of hydrogen-bond acceptors (Lipinski definition) is 4. The van der Waals surface area contributed by atoms with Crippen molar-refractivity contribution in [1.82, 2.24) is 14.8 Å². The van der Waals surface area contributed by atoms with Crippen LogP contribution in [0.5, 0.6) is 0 Å². The van der Waals surface area contributed by atoms with Gasteiger partial charge in [-0.2, -0.15) is 5.10 Å². The second kappa shape index (κ2) is 8.00. The molecule has 1 fully saturated rings. The second-order valence-corrected chi connectivity index (χ2v) is 7.44. The number of aryl methyl sites for hydroxylation is 1. The van der Waals surface area contributed by atoms with Crippen LogP contribution in [0.25, 0.3) is 11.4 Å². The van der Waals surface area contributed by atoms with Crippen LogP contribution in [-0.4, -0.2) is 33.1 Å². The number of amides is 2. The minimum absolute atomic E-state index is 0.0465. The maximum Gasteiger partial charge on any atom is 0.244 e. The SMILES string of the molecule is Cc1ccc(-c2n[nH]c(=S)n2CC(=O)Nc2ccc(N3CCCC3=O)cc2)cc1. The lowest BCUT2D eigenvalue weighted by atomic mass is 10.1. The van der Waals surface area contributed by atoms with Gasteiger partial charge in [0.2, 0.25) is 11.8 Å². The molecule has 0 radical (unpaired) electrons. The smallest absolute Gasteiger partial charge is 0.244 e. The molecule has 0 aliphatic carbocycles. The highest BCUT2D eigenvalue weighted by atomic mass is 32.1. The first kappa shape index (κ1) is 19.1. The third-order valence-electron chi connectivity index (χ3n) is 4.91. The second-order valence-electron chi connectivity index (χ2n) is 7.05. The fraction of sp³-hybridized carbons (Fsp3) is 0.238. The van der Waals surface area contributed by atoms with Crippen LogP contribution in [-0.2, 0) is 16.1 Å². The van der Waals surface area contributed by atoms with Crippen LogP contribution in [0.3, 0.4) is 0 Å². The highest BCUT2D eigenvalue weighted by Gasteiger charge is 2.21. The van der Waals surface area contributed by atoms with Crippen LogP contribution >= 0.6 is 12.2 Å². The van der Waals surface area contributed by atoms with Gasteiger partial charge in [0.1, 0.15) is 6.54 Å². The lowest BCUT2D eigenvalue weighted by Crippen LogP contribution is -2.23. The van der Waals surface area contributed by atoms with E-state index in [4.69, 9.17) is 12.2 Å². The summed E-state index contributed by atoms with van der Waals surface area (Å²) >= 11 is 5.30. The van der Waals surface area contributed by atoms with Gasteiger partial charge in [-0.15, -0.1) is 0 Å². The molecule has 2 heterocycles. The molecule has 3 aromatic rings. The Morgan fingerprint density at radius 2 is 1.90 bits per heavy atom. The molecule has 1 saturated heterocycles. The maximum absolute atomic E-state index is 12.6. The van der Waals surface area contributed by atoms with Gasteiger partial charge in [-0.3, -0.25) is 19.3 Å². The summed E-state index contributed by atoms with van der Waals surface area (Å²) in [5.74, 6) is 0.550. The quantitative estimate of drug-likeness (QED) is 0.632. The minimum atomic E-state index is -0.208. The number of rotatable bonds is 5. The molecule has 0 saturated carbocycles. The first-order valence-electron chi connectivity index (χ1n) is 9.44. The standard InChI is InChI=1S/C21H21N5O2S/c1-14-4-6-15(7-5-14)20-23-24-21(29)26(20)13-18(27)22-16-8-10-17(11-9-16)25-12-2-3-19(25)28/h4-11H,2-3,12-13H2,1H3,(H,22,27)(H,24,29). The molecular formula is C21H21N5O2S. The number of benzene rings is 2. The Hall–Kier alpha value is -3.26. The molecule has 2 aromatic carbocycles.